The number of hydrogen-bond acceptors (Lipinski definition) is 4. The summed E-state index contributed by atoms with van der Waals surface area (Å²) < 4.78 is 0. The van der Waals surface area contributed by atoms with Crippen molar-refractivity contribution in [2.24, 2.45) is 0 Å². The maximum Gasteiger partial charge on any atom is 0.257 e. The molecule has 3 rings (SSSR count). The third-order valence-electron chi connectivity index (χ3n) is 5.22. The summed E-state index contributed by atoms with van der Waals surface area (Å²) in [5.41, 5.74) is 0.690. The second-order valence-corrected chi connectivity index (χ2v) is 7.33. The van der Waals surface area contributed by atoms with E-state index in [-0.39, 0.29) is 17.9 Å². The van der Waals surface area contributed by atoms with Crippen molar-refractivity contribution in [3.05, 3.63) is 23.9 Å². The van der Waals surface area contributed by atoms with Crippen LogP contribution in [0.3, 0.4) is 0 Å². The fourth-order valence-corrected chi connectivity index (χ4v) is 3.90. The van der Waals surface area contributed by atoms with Gasteiger partial charge >= 0.3 is 0 Å². The SMILES string of the molecule is CCCC(=O)NC1CCCN(c2ncccc2C(=O)N2CCCCC2)C1. The molecule has 142 valence electrons. The maximum absolute atomic E-state index is 13.0. The van der Waals surface area contributed by atoms with Crippen LogP contribution in [-0.4, -0.2) is 53.9 Å². The Hall–Kier alpha value is -2.11. The molecule has 1 aromatic rings. The smallest absolute Gasteiger partial charge is 0.257 e. The van der Waals surface area contributed by atoms with Crippen molar-refractivity contribution in [3.8, 4) is 0 Å². The lowest BCUT2D eigenvalue weighted by Crippen LogP contribution is -2.48. The van der Waals surface area contributed by atoms with Gasteiger partial charge in [0.15, 0.2) is 0 Å². The second-order valence-electron chi connectivity index (χ2n) is 7.33. The average Bonchev–Trinajstić information content (AvgIpc) is 2.68. The fraction of sp³-hybridized carbons (Fsp3) is 0.650. The van der Waals surface area contributed by atoms with Gasteiger partial charge < -0.3 is 15.1 Å². The van der Waals surface area contributed by atoms with Gasteiger partial charge in [-0.2, -0.15) is 0 Å². The molecular formula is C20H30N4O2. The molecule has 0 saturated carbocycles. The summed E-state index contributed by atoms with van der Waals surface area (Å²) in [5, 5.41) is 3.13. The number of carbonyl (C=O) groups is 2. The summed E-state index contributed by atoms with van der Waals surface area (Å²) in [7, 11) is 0. The van der Waals surface area contributed by atoms with Gasteiger partial charge in [-0.15, -0.1) is 0 Å². The van der Waals surface area contributed by atoms with Crippen molar-refractivity contribution in [1.82, 2.24) is 15.2 Å². The molecule has 1 N–H and O–H groups in total. The van der Waals surface area contributed by atoms with Gasteiger partial charge in [0.25, 0.3) is 5.91 Å². The molecule has 2 saturated heterocycles. The Bertz CT molecular complexity index is 628. The first kappa shape index (κ1) is 18.7. The van der Waals surface area contributed by atoms with E-state index in [9.17, 15) is 9.59 Å². The van der Waals surface area contributed by atoms with Crippen molar-refractivity contribution in [2.45, 2.75) is 57.9 Å². The first-order valence-electron chi connectivity index (χ1n) is 9.97. The minimum atomic E-state index is 0.0879. The number of nitrogens with zero attached hydrogens (tertiary/aromatic N) is 3. The van der Waals surface area contributed by atoms with Gasteiger partial charge in [0.2, 0.25) is 5.91 Å². The molecule has 1 aromatic heterocycles. The number of amides is 2. The van der Waals surface area contributed by atoms with E-state index in [2.05, 4.69) is 15.2 Å². The Balaban J connectivity index is 1.72. The van der Waals surface area contributed by atoms with E-state index in [0.29, 0.717) is 18.5 Å². The molecule has 0 aromatic carbocycles. The zero-order chi connectivity index (χ0) is 18.4. The van der Waals surface area contributed by atoms with E-state index in [1.165, 1.54) is 6.42 Å². The normalized spacial score (nSPS) is 20.7. The molecule has 26 heavy (non-hydrogen) atoms. The largest absolute Gasteiger partial charge is 0.354 e. The number of aromatic nitrogens is 1. The van der Waals surface area contributed by atoms with Gasteiger partial charge in [-0.05, 0) is 50.7 Å². The van der Waals surface area contributed by atoms with Crippen LogP contribution in [0.4, 0.5) is 5.82 Å². The molecule has 0 bridgehead atoms. The van der Waals surface area contributed by atoms with Crippen LogP contribution in [0.15, 0.2) is 18.3 Å². The number of rotatable bonds is 5. The van der Waals surface area contributed by atoms with Crippen molar-refractivity contribution in [2.75, 3.05) is 31.1 Å². The van der Waals surface area contributed by atoms with Crippen LogP contribution < -0.4 is 10.2 Å². The third-order valence-corrected chi connectivity index (χ3v) is 5.22. The second kappa shape index (κ2) is 9.01. The average molecular weight is 358 g/mol. The van der Waals surface area contributed by atoms with Crippen molar-refractivity contribution in [3.63, 3.8) is 0 Å². The molecule has 6 heteroatoms. The number of anilines is 1. The van der Waals surface area contributed by atoms with Crippen molar-refractivity contribution in [1.29, 1.82) is 0 Å². The number of hydrogen-bond donors (Lipinski definition) is 1. The van der Waals surface area contributed by atoms with Gasteiger partial charge in [-0.3, -0.25) is 9.59 Å². The summed E-state index contributed by atoms with van der Waals surface area (Å²) in [6.07, 6.45) is 8.51. The van der Waals surface area contributed by atoms with E-state index in [1.54, 1.807) is 6.20 Å². The van der Waals surface area contributed by atoms with E-state index < -0.39 is 0 Å². The lowest BCUT2D eigenvalue weighted by Gasteiger charge is -2.35. The molecule has 2 amide bonds. The molecule has 0 aliphatic carbocycles. The van der Waals surface area contributed by atoms with E-state index in [4.69, 9.17) is 0 Å². The first-order valence-corrected chi connectivity index (χ1v) is 9.97. The van der Waals surface area contributed by atoms with E-state index in [0.717, 1.165) is 57.6 Å². The zero-order valence-corrected chi connectivity index (χ0v) is 15.7. The van der Waals surface area contributed by atoms with Crippen molar-refractivity contribution >= 4 is 17.6 Å². The first-order chi connectivity index (χ1) is 12.7. The highest BCUT2D eigenvalue weighted by molar-refractivity contribution is 5.99. The van der Waals surface area contributed by atoms with Gasteiger partial charge in [0.1, 0.15) is 5.82 Å². The quantitative estimate of drug-likeness (QED) is 0.879. The third kappa shape index (κ3) is 4.54. The predicted molar refractivity (Wildman–Crippen MR) is 102 cm³/mol. The summed E-state index contributed by atoms with van der Waals surface area (Å²) in [5.74, 6) is 0.965. The molecule has 1 atom stereocenters. The maximum atomic E-state index is 13.0. The van der Waals surface area contributed by atoms with Crippen LogP contribution in [0.5, 0.6) is 0 Å². The summed E-state index contributed by atoms with van der Waals surface area (Å²) in [4.78, 5) is 33.6. The molecule has 2 aliphatic rings. The summed E-state index contributed by atoms with van der Waals surface area (Å²) in [6.45, 7) is 5.27. The number of pyridine rings is 1. The number of carbonyl (C=O) groups excluding carboxylic acids is 2. The highest BCUT2D eigenvalue weighted by Crippen LogP contribution is 2.24. The fourth-order valence-electron chi connectivity index (χ4n) is 3.90. The van der Waals surface area contributed by atoms with Crippen LogP contribution in [0, 0.1) is 0 Å². The molecular weight excluding hydrogens is 328 g/mol. The molecule has 0 spiro atoms. The predicted octanol–water partition coefficient (Wildman–Crippen LogP) is 2.59. The van der Waals surface area contributed by atoms with Crippen LogP contribution >= 0.6 is 0 Å². The minimum absolute atomic E-state index is 0.0879. The van der Waals surface area contributed by atoms with E-state index in [1.807, 2.05) is 24.0 Å². The molecule has 0 radical (unpaired) electrons. The topological polar surface area (TPSA) is 65.5 Å². The molecule has 1 unspecified atom stereocenters. The van der Waals surface area contributed by atoms with Gasteiger partial charge in [0, 0.05) is 44.8 Å². The Labute approximate surface area is 156 Å². The number of piperidine rings is 2. The monoisotopic (exact) mass is 358 g/mol. The Morgan fingerprint density at radius 3 is 2.77 bits per heavy atom. The highest BCUT2D eigenvalue weighted by Gasteiger charge is 2.27. The van der Waals surface area contributed by atoms with Crippen LogP contribution in [0.2, 0.25) is 0 Å². The Morgan fingerprint density at radius 1 is 1.19 bits per heavy atom. The lowest BCUT2D eigenvalue weighted by atomic mass is 10.0. The molecule has 2 aliphatic heterocycles. The summed E-state index contributed by atoms with van der Waals surface area (Å²) >= 11 is 0. The van der Waals surface area contributed by atoms with Gasteiger partial charge in [-0.1, -0.05) is 6.92 Å². The molecule has 2 fully saturated rings. The number of nitrogens with one attached hydrogen (secondary N) is 1. The zero-order valence-electron chi connectivity index (χ0n) is 15.7. The molecule has 6 nitrogen and oxygen atoms in total. The minimum Gasteiger partial charge on any atom is -0.354 e. The summed E-state index contributed by atoms with van der Waals surface area (Å²) in [6, 6.07) is 3.85. The van der Waals surface area contributed by atoms with Gasteiger partial charge in [-0.25, -0.2) is 4.98 Å². The Kier molecular flexibility index (Phi) is 6.47. The van der Waals surface area contributed by atoms with Crippen molar-refractivity contribution < 1.29 is 9.59 Å². The lowest BCUT2D eigenvalue weighted by molar-refractivity contribution is -0.121. The standard InChI is InChI=1S/C20H30N4O2/c1-2-8-18(25)22-16-9-7-14-24(15-16)19-17(10-6-11-21-19)20(26)23-12-4-3-5-13-23/h6,10-11,16H,2-5,7-9,12-15H2,1H3,(H,22,25). The Morgan fingerprint density at radius 2 is 2.00 bits per heavy atom. The van der Waals surface area contributed by atoms with Crippen LogP contribution in [0.1, 0.15) is 62.2 Å². The molecule has 3 heterocycles. The highest BCUT2D eigenvalue weighted by atomic mass is 16.2. The van der Waals surface area contributed by atoms with E-state index >= 15 is 0 Å². The van der Waals surface area contributed by atoms with Gasteiger partial charge in [0.05, 0.1) is 5.56 Å². The number of likely N-dealkylation sites (tertiary alicyclic amines) is 1. The van der Waals surface area contributed by atoms with Crippen LogP contribution in [0.25, 0.3) is 0 Å². The van der Waals surface area contributed by atoms with Crippen LogP contribution in [-0.2, 0) is 4.79 Å².